The van der Waals surface area contributed by atoms with Crippen LogP contribution in [0.5, 0.6) is 0 Å². The number of amides is 1. The minimum Gasteiger partial charge on any atom is -0.381 e. The van der Waals surface area contributed by atoms with Gasteiger partial charge in [0.25, 0.3) is 5.91 Å². The van der Waals surface area contributed by atoms with Crippen LogP contribution < -0.4 is 15.1 Å². The first-order valence-corrected chi connectivity index (χ1v) is 15.6. The molecule has 0 spiro atoms. The monoisotopic (exact) mass is 610 g/mol. The van der Waals surface area contributed by atoms with Gasteiger partial charge in [-0.05, 0) is 76.3 Å². The predicted molar refractivity (Wildman–Crippen MR) is 160 cm³/mol. The van der Waals surface area contributed by atoms with E-state index >= 15 is 0 Å². The summed E-state index contributed by atoms with van der Waals surface area (Å²) in [6, 6.07) is 5.91. The lowest BCUT2D eigenvalue weighted by molar-refractivity contribution is 0.0628. The lowest BCUT2D eigenvalue weighted by Gasteiger charge is -2.38. The topological polar surface area (TPSA) is 113 Å². The van der Waals surface area contributed by atoms with Crippen LogP contribution in [-0.4, -0.2) is 95.5 Å². The number of aromatic nitrogens is 4. The molecule has 13 heteroatoms. The van der Waals surface area contributed by atoms with Crippen LogP contribution in [0.4, 0.5) is 20.7 Å². The first-order valence-electron chi connectivity index (χ1n) is 15.6. The zero-order valence-electron chi connectivity index (χ0n) is 25.1. The van der Waals surface area contributed by atoms with Gasteiger partial charge in [-0.2, -0.15) is 4.98 Å². The van der Waals surface area contributed by atoms with Gasteiger partial charge in [0.1, 0.15) is 11.6 Å². The van der Waals surface area contributed by atoms with Crippen LogP contribution in [0.15, 0.2) is 41.2 Å². The molecule has 1 unspecified atom stereocenters. The second kappa shape index (κ2) is 13.9. The van der Waals surface area contributed by atoms with Gasteiger partial charge in [-0.15, -0.1) is 0 Å². The Labute approximate surface area is 256 Å². The third kappa shape index (κ3) is 7.32. The van der Waals surface area contributed by atoms with Gasteiger partial charge in [0, 0.05) is 75.8 Å². The van der Waals surface area contributed by atoms with E-state index in [0.717, 1.165) is 114 Å². The Morgan fingerprint density at radius 3 is 2.09 bits per heavy atom. The Balaban J connectivity index is 0.000000374. The highest BCUT2D eigenvalue weighted by Crippen LogP contribution is 2.34. The van der Waals surface area contributed by atoms with Crippen LogP contribution in [0.3, 0.4) is 0 Å². The molecule has 4 aliphatic rings. The van der Waals surface area contributed by atoms with Gasteiger partial charge in [-0.3, -0.25) is 4.79 Å². The molecular formula is C31H40F2N8O3. The fourth-order valence-corrected chi connectivity index (χ4v) is 6.15. The van der Waals surface area contributed by atoms with Gasteiger partial charge in [0.15, 0.2) is 5.82 Å². The van der Waals surface area contributed by atoms with E-state index in [1.54, 1.807) is 12.4 Å². The second-order valence-electron chi connectivity index (χ2n) is 11.9. The number of hydrogen-bond acceptors (Lipinski definition) is 10. The highest BCUT2D eigenvalue weighted by Gasteiger charge is 2.40. The van der Waals surface area contributed by atoms with E-state index in [0.29, 0.717) is 35.5 Å². The Morgan fingerprint density at radius 2 is 1.50 bits per heavy atom. The van der Waals surface area contributed by atoms with Crippen LogP contribution in [0.25, 0.3) is 0 Å². The predicted octanol–water partition coefficient (Wildman–Crippen LogP) is 3.79. The summed E-state index contributed by atoms with van der Waals surface area (Å²) >= 11 is 0. The average Bonchev–Trinajstić information content (AvgIpc) is 3.56. The molecule has 1 amide bonds. The molecule has 4 fully saturated rings. The van der Waals surface area contributed by atoms with Crippen molar-refractivity contribution < 1.29 is 22.8 Å². The number of ether oxygens (including phenoxy) is 1. The van der Waals surface area contributed by atoms with Crippen molar-refractivity contribution in [2.75, 3.05) is 56.2 Å². The van der Waals surface area contributed by atoms with Crippen molar-refractivity contribution >= 4 is 17.9 Å². The number of nitrogens with zero attached hydrogens (tertiary/aromatic N) is 7. The standard InChI is InChI=1S/C25H36N8O3.C6H4F2/c1-26-19-4-9-32(16-19)24-27-14-18(15-28-24)23(34)33(20-2-3-20)21-5-10-31(11-6-21)25-29-22(30-36-25)17-7-12-35-13-8-17;7-5-1-2-6(8)4-3-5/h14-15,17,19-21,26H,2-13,16H2,1H3;1-4H. The molecule has 1 N–H and O–H groups in total. The van der Waals surface area contributed by atoms with E-state index < -0.39 is 11.6 Å². The molecule has 0 bridgehead atoms. The fourth-order valence-electron chi connectivity index (χ4n) is 6.15. The Morgan fingerprint density at radius 1 is 0.886 bits per heavy atom. The summed E-state index contributed by atoms with van der Waals surface area (Å²) in [6.45, 7) is 4.94. The van der Waals surface area contributed by atoms with Crippen molar-refractivity contribution in [2.24, 2.45) is 0 Å². The quantitative estimate of drug-likeness (QED) is 0.424. The normalized spacial score (nSPS) is 21.2. The lowest BCUT2D eigenvalue weighted by atomic mass is 10.00. The van der Waals surface area contributed by atoms with Crippen LogP contribution >= 0.6 is 0 Å². The van der Waals surface area contributed by atoms with Crippen molar-refractivity contribution in [1.29, 1.82) is 0 Å². The van der Waals surface area contributed by atoms with E-state index in [1.165, 1.54) is 0 Å². The highest BCUT2D eigenvalue weighted by atomic mass is 19.1. The number of carbonyl (C=O) groups is 1. The Kier molecular flexibility index (Phi) is 9.60. The summed E-state index contributed by atoms with van der Waals surface area (Å²) in [5, 5.41) is 7.57. The highest BCUT2D eigenvalue weighted by molar-refractivity contribution is 5.94. The number of carbonyl (C=O) groups excluding carboxylic acids is 1. The van der Waals surface area contributed by atoms with Crippen molar-refractivity contribution in [3.05, 3.63) is 59.7 Å². The summed E-state index contributed by atoms with van der Waals surface area (Å²) in [6.07, 6.45) is 10.3. The van der Waals surface area contributed by atoms with E-state index in [4.69, 9.17) is 14.2 Å². The first kappa shape index (κ1) is 30.3. The minimum absolute atomic E-state index is 0.0524. The maximum Gasteiger partial charge on any atom is 0.324 e. The molecule has 2 aromatic heterocycles. The average molecular weight is 611 g/mol. The van der Waals surface area contributed by atoms with Gasteiger partial charge >= 0.3 is 6.01 Å². The number of anilines is 2. The van der Waals surface area contributed by atoms with Crippen molar-refractivity contribution in [3.8, 4) is 0 Å². The van der Waals surface area contributed by atoms with Gasteiger partial charge in [-0.25, -0.2) is 18.7 Å². The zero-order valence-corrected chi connectivity index (χ0v) is 25.1. The molecule has 1 aliphatic carbocycles. The van der Waals surface area contributed by atoms with E-state index in [2.05, 4.69) is 35.1 Å². The van der Waals surface area contributed by atoms with Crippen LogP contribution in [0.2, 0.25) is 0 Å². The molecule has 7 rings (SSSR count). The first-order chi connectivity index (χ1) is 21.5. The molecule has 1 aromatic carbocycles. The molecule has 236 valence electrons. The molecule has 3 saturated heterocycles. The van der Waals surface area contributed by atoms with E-state index in [1.807, 2.05) is 7.05 Å². The summed E-state index contributed by atoms with van der Waals surface area (Å²) in [5.74, 6) is 1.05. The molecule has 1 saturated carbocycles. The van der Waals surface area contributed by atoms with Crippen molar-refractivity contribution in [3.63, 3.8) is 0 Å². The van der Waals surface area contributed by atoms with Crippen LogP contribution in [0, 0.1) is 11.6 Å². The Bertz CT molecular complexity index is 1340. The minimum atomic E-state index is -0.411. The van der Waals surface area contributed by atoms with Crippen LogP contribution in [-0.2, 0) is 4.74 Å². The third-order valence-electron chi connectivity index (χ3n) is 8.89. The van der Waals surface area contributed by atoms with Gasteiger partial charge < -0.3 is 29.3 Å². The number of rotatable bonds is 7. The van der Waals surface area contributed by atoms with Gasteiger partial charge in [0.2, 0.25) is 5.95 Å². The number of halogens is 2. The summed E-state index contributed by atoms with van der Waals surface area (Å²) in [7, 11) is 1.99. The number of likely N-dealkylation sites (N-methyl/N-ethyl adjacent to an activating group) is 1. The SMILES string of the molecule is CNC1CCN(c2ncc(C(=O)N(C3CC3)C3CCN(c4nc(C5CCOCC5)no4)CC3)cn2)C1.Fc1ccc(F)cc1. The fraction of sp³-hybridized carbons (Fsp3) is 0.581. The molecule has 5 heterocycles. The summed E-state index contributed by atoms with van der Waals surface area (Å²) in [4.78, 5) is 33.8. The number of nitrogens with one attached hydrogen (secondary N) is 1. The molecule has 3 aliphatic heterocycles. The van der Waals surface area contributed by atoms with Gasteiger partial charge in [-0.1, -0.05) is 5.16 Å². The number of benzene rings is 1. The number of piperidine rings is 1. The Hall–Kier alpha value is -3.71. The smallest absolute Gasteiger partial charge is 0.324 e. The largest absolute Gasteiger partial charge is 0.381 e. The molecular weight excluding hydrogens is 570 g/mol. The van der Waals surface area contributed by atoms with Crippen molar-refractivity contribution in [1.82, 2.24) is 30.3 Å². The van der Waals surface area contributed by atoms with Gasteiger partial charge in [0.05, 0.1) is 5.56 Å². The molecule has 0 radical (unpaired) electrons. The van der Waals surface area contributed by atoms with Crippen LogP contribution in [0.1, 0.15) is 67.0 Å². The molecule has 11 nitrogen and oxygen atoms in total. The molecule has 44 heavy (non-hydrogen) atoms. The molecule has 3 aromatic rings. The second-order valence-corrected chi connectivity index (χ2v) is 11.9. The van der Waals surface area contributed by atoms with E-state index in [9.17, 15) is 13.6 Å². The maximum atomic E-state index is 13.5. The maximum absolute atomic E-state index is 13.5. The lowest BCUT2D eigenvalue weighted by Crippen LogP contribution is -2.48. The third-order valence-corrected chi connectivity index (χ3v) is 8.89. The zero-order chi connectivity index (χ0) is 30.5. The summed E-state index contributed by atoms with van der Waals surface area (Å²) < 4.78 is 34.9. The number of hydrogen-bond donors (Lipinski definition) is 1. The molecule has 1 atom stereocenters. The van der Waals surface area contributed by atoms with E-state index in [-0.39, 0.29) is 11.9 Å². The summed E-state index contributed by atoms with van der Waals surface area (Å²) in [5.41, 5.74) is 0.579. The van der Waals surface area contributed by atoms with Crippen molar-refractivity contribution in [2.45, 2.75) is 69.0 Å².